The van der Waals surface area contributed by atoms with Crippen molar-refractivity contribution in [3.63, 3.8) is 0 Å². The smallest absolute Gasteiger partial charge is 0.00954 e. The van der Waals surface area contributed by atoms with Crippen LogP contribution in [0.5, 0.6) is 0 Å². The first-order chi connectivity index (χ1) is 7.70. The summed E-state index contributed by atoms with van der Waals surface area (Å²) < 4.78 is 0. The molecule has 1 N–H and O–H groups in total. The van der Waals surface area contributed by atoms with Crippen LogP contribution in [0.25, 0.3) is 0 Å². The molecular formula is C15H29N. The molecule has 2 saturated carbocycles. The molecule has 2 rings (SSSR count). The standard InChI is InChI=1S/C15H29N/c1-4-16-15(7-5-6-11(2)3)14-9-12-8-13(12)10-14/h11-16H,4-10H2,1-3H3. The SMILES string of the molecule is CCNC(CCCC(C)C)C1CC2CC2C1. The molecular weight excluding hydrogens is 194 g/mol. The van der Waals surface area contributed by atoms with Gasteiger partial charge < -0.3 is 5.32 Å². The van der Waals surface area contributed by atoms with Gasteiger partial charge in [-0.15, -0.1) is 0 Å². The fraction of sp³-hybridized carbons (Fsp3) is 1.00. The molecule has 0 aromatic carbocycles. The van der Waals surface area contributed by atoms with E-state index in [0.29, 0.717) is 0 Å². The van der Waals surface area contributed by atoms with Crippen LogP contribution in [0.3, 0.4) is 0 Å². The highest BCUT2D eigenvalue weighted by Gasteiger charge is 2.47. The average molecular weight is 223 g/mol. The molecule has 0 saturated heterocycles. The van der Waals surface area contributed by atoms with Gasteiger partial charge in [-0.05, 0) is 55.9 Å². The zero-order valence-corrected chi connectivity index (χ0v) is 11.3. The molecule has 2 aliphatic carbocycles. The maximum atomic E-state index is 3.74. The summed E-state index contributed by atoms with van der Waals surface area (Å²) in [7, 11) is 0. The van der Waals surface area contributed by atoms with E-state index in [4.69, 9.17) is 0 Å². The first-order valence-corrected chi connectivity index (χ1v) is 7.44. The van der Waals surface area contributed by atoms with Gasteiger partial charge in [0, 0.05) is 6.04 Å². The van der Waals surface area contributed by atoms with E-state index in [0.717, 1.165) is 36.3 Å². The maximum Gasteiger partial charge on any atom is 0.00954 e. The van der Waals surface area contributed by atoms with Crippen LogP contribution in [0.4, 0.5) is 0 Å². The van der Waals surface area contributed by atoms with E-state index in [9.17, 15) is 0 Å². The number of hydrogen-bond acceptors (Lipinski definition) is 1. The van der Waals surface area contributed by atoms with Crippen LogP contribution in [0.2, 0.25) is 0 Å². The summed E-state index contributed by atoms with van der Waals surface area (Å²) in [5, 5.41) is 3.74. The topological polar surface area (TPSA) is 12.0 Å². The van der Waals surface area contributed by atoms with E-state index < -0.39 is 0 Å². The van der Waals surface area contributed by atoms with Crippen molar-refractivity contribution in [1.82, 2.24) is 5.32 Å². The Labute approximate surface area is 101 Å². The highest BCUT2D eigenvalue weighted by atomic mass is 14.9. The second-order valence-electron chi connectivity index (χ2n) is 6.48. The van der Waals surface area contributed by atoms with Crippen LogP contribution in [0.15, 0.2) is 0 Å². The lowest BCUT2D eigenvalue weighted by Crippen LogP contribution is -2.35. The fourth-order valence-electron chi connectivity index (χ4n) is 3.60. The lowest BCUT2D eigenvalue weighted by atomic mass is 9.89. The third-order valence-electron chi connectivity index (χ3n) is 4.61. The zero-order valence-electron chi connectivity index (χ0n) is 11.3. The summed E-state index contributed by atoms with van der Waals surface area (Å²) in [5.41, 5.74) is 0. The first-order valence-electron chi connectivity index (χ1n) is 7.44. The van der Waals surface area contributed by atoms with Crippen LogP contribution in [0.1, 0.15) is 59.3 Å². The molecule has 94 valence electrons. The summed E-state index contributed by atoms with van der Waals surface area (Å²) in [6.45, 7) is 8.09. The number of nitrogens with one attached hydrogen (secondary N) is 1. The summed E-state index contributed by atoms with van der Waals surface area (Å²) in [4.78, 5) is 0. The largest absolute Gasteiger partial charge is 0.314 e. The predicted octanol–water partition coefficient (Wildman–Crippen LogP) is 3.84. The summed E-state index contributed by atoms with van der Waals surface area (Å²) in [6.07, 6.45) is 8.86. The highest BCUT2D eigenvalue weighted by molar-refractivity contribution is 4.99. The Morgan fingerprint density at radius 3 is 2.31 bits per heavy atom. The quantitative estimate of drug-likeness (QED) is 0.691. The third kappa shape index (κ3) is 3.23. The molecule has 0 aromatic heterocycles. The van der Waals surface area contributed by atoms with Gasteiger partial charge in [0.15, 0.2) is 0 Å². The van der Waals surface area contributed by atoms with Crippen molar-refractivity contribution < 1.29 is 0 Å². The van der Waals surface area contributed by atoms with Gasteiger partial charge in [-0.1, -0.05) is 33.6 Å². The Hall–Kier alpha value is -0.0400. The highest BCUT2D eigenvalue weighted by Crippen LogP contribution is 2.55. The second-order valence-corrected chi connectivity index (χ2v) is 6.48. The molecule has 16 heavy (non-hydrogen) atoms. The molecule has 3 atom stereocenters. The van der Waals surface area contributed by atoms with Gasteiger partial charge in [-0.25, -0.2) is 0 Å². The molecule has 0 aromatic rings. The molecule has 1 nitrogen and oxygen atoms in total. The first kappa shape index (κ1) is 12.4. The van der Waals surface area contributed by atoms with Gasteiger partial charge in [0.05, 0.1) is 0 Å². The molecule has 0 aliphatic heterocycles. The molecule has 1 heteroatoms. The van der Waals surface area contributed by atoms with Gasteiger partial charge in [0.25, 0.3) is 0 Å². The molecule has 2 fully saturated rings. The molecule has 3 unspecified atom stereocenters. The van der Waals surface area contributed by atoms with Crippen molar-refractivity contribution in [2.75, 3.05) is 6.54 Å². The second kappa shape index (κ2) is 5.53. The lowest BCUT2D eigenvalue weighted by molar-refractivity contribution is 0.310. The third-order valence-corrected chi connectivity index (χ3v) is 4.61. The number of fused-ring (bicyclic) bond motifs is 1. The van der Waals surface area contributed by atoms with Gasteiger partial charge in [0.1, 0.15) is 0 Å². The molecule has 0 amide bonds. The Bertz CT molecular complexity index is 201. The van der Waals surface area contributed by atoms with Crippen molar-refractivity contribution in [2.45, 2.75) is 65.3 Å². The van der Waals surface area contributed by atoms with Crippen molar-refractivity contribution in [2.24, 2.45) is 23.7 Å². The number of rotatable bonds is 7. The fourth-order valence-corrected chi connectivity index (χ4v) is 3.60. The zero-order chi connectivity index (χ0) is 11.5. The molecule has 0 spiro atoms. The Kier molecular flexibility index (Phi) is 4.29. The Morgan fingerprint density at radius 2 is 1.75 bits per heavy atom. The van der Waals surface area contributed by atoms with E-state index in [2.05, 4.69) is 26.1 Å². The summed E-state index contributed by atoms with van der Waals surface area (Å²) >= 11 is 0. The van der Waals surface area contributed by atoms with E-state index in [-0.39, 0.29) is 0 Å². The maximum absolute atomic E-state index is 3.74. The van der Waals surface area contributed by atoms with Crippen molar-refractivity contribution in [1.29, 1.82) is 0 Å². The van der Waals surface area contributed by atoms with Crippen LogP contribution in [-0.2, 0) is 0 Å². The predicted molar refractivity (Wildman–Crippen MR) is 70.5 cm³/mol. The Morgan fingerprint density at radius 1 is 1.06 bits per heavy atom. The minimum atomic E-state index is 0.830. The minimum Gasteiger partial charge on any atom is -0.314 e. The van der Waals surface area contributed by atoms with E-state index >= 15 is 0 Å². The van der Waals surface area contributed by atoms with Crippen LogP contribution in [0, 0.1) is 23.7 Å². The summed E-state index contributed by atoms with van der Waals surface area (Å²) in [6, 6.07) is 0.830. The molecule has 0 heterocycles. The van der Waals surface area contributed by atoms with Crippen molar-refractivity contribution in [3.05, 3.63) is 0 Å². The number of hydrogen-bond donors (Lipinski definition) is 1. The van der Waals surface area contributed by atoms with E-state index in [1.54, 1.807) is 6.42 Å². The van der Waals surface area contributed by atoms with Crippen LogP contribution < -0.4 is 5.32 Å². The van der Waals surface area contributed by atoms with E-state index in [1.165, 1.54) is 32.1 Å². The normalized spacial score (nSPS) is 34.1. The molecule has 2 aliphatic rings. The summed E-state index contributed by atoms with van der Waals surface area (Å²) in [5.74, 6) is 4.16. The van der Waals surface area contributed by atoms with Gasteiger partial charge in [-0.3, -0.25) is 0 Å². The monoisotopic (exact) mass is 223 g/mol. The van der Waals surface area contributed by atoms with E-state index in [1.807, 2.05) is 0 Å². The minimum absolute atomic E-state index is 0.830. The van der Waals surface area contributed by atoms with Crippen LogP contribution in [-0.4, -0.2) is 12.6 Å². The lowest BCUT2D eigenvalue weighted by Gasteiger charge is -2.26. The molecule has 0 bridgehead atoms. The van der Waals surface area contributed by atoms with Crippen molar-refractivity contribution >= 4 is 0 Å². The average Bonchev–Trinajstić information content (AvgIpc) is 2.84. The van der Waals surface area contributed by atoms with Gasteiger partial charge in [-0.2, -0.15) is 0 Å². The Balaban J connectivity index is 1.71. The van der Waals surface area contributed by atoms with Gasteiger partial charge in [0.2, 0.25) is 0 Å². The van der Waals surface area contributed by atoms with Crippen molar-refractivity contribution in [3.8, 4) is 0 Å². The van der Waals surface area contributed by atoms with Crippen LogP contribution >= 0.6 is 0 Å². The molecule has 0 radical (unpaired) electrons. The van der Waals surface area contributed by atoms with Gasteiger partial charge >= 0.3 is 0 Å².